The quantitative estimate of drug-likeness (QED) is 0.700. The minimum absolute atomic E-state index is 0.0137. The predicted molar refractivity (Wildman–Crippen MR) is 127 cm³/mol. The zero-order chi connectivity index (χ0) is 23.8. The molecule has 0 saturated carbocycles. The molecule has 0 N–H and O–H groups in total. The highest BCUT2D eigenvalue weighted by Crippen LogP contribution is 2.27. The van der Waals surface area contributed by atoms with Gasteiger partial charge in [-0.15, -0.1) is 0 Å². The summed E-state index contributed by atoms with van der Waals surface area (Å²) in [7, 11) is 1.87. The number of hydrogen-bond donors (Lipinski definition) is 0. The Labute approximate surface area is 200 Å². The average Bonchev–Trinajstić information content (AvgIpc) is 3.51. The summed E-state index contributed by atoms with van der Waals surface area (Å²) in [6.45, 7) is 5.68. The summed E-state index contributed by atoms with van der Waals surface area (Å²) in [4.78, 5) is 45.3. The molecular weight excluding hydrogens is 430 g/mol. The van der Waals surface area contributed by atoms with Crippen molar-refractivity contribution < 1.29 is 14.4 Å². The number of carbonyl (C=O) groups excluding carboxylic acids is 3. The van der Waals surface area contributed by atoms with Crippen LogP contribution in [0.25, 0.3) is 0 Å². The molecule has 3 amide bonds. The molecule has 1 aromatic carbocycles. The standard InChI is InChI=1S/C26H33N5O3/c1-18-8-3-4-10-20(18)25(33)31-15-11-22-21(17-31)23(27-28(22)2)26(34)30-14-7-9-19(16-30)24(32)29-12-5-6-13-29/h3-4,8,10,19H,5-7,9,11-17H2,1-2H3/t19-/m1/s1. The van der Waals surface area contributed by atoms with Gasteiger partial charge in [-0.3, -0.25) is 19.1 Å². The van der Waals surface area contributed by atoms with Crippen LogP contribution in [-0.4, -0.2) is 74.9 Å². The number of aromatic nitrogens is 2. The lowest BCUT2D eigenvalue weighted by molar-refractivity contribution is -0.135. The molecule has 8 nitrogen and oxygen atoms in total. The SMILES string of the molecule is Cc1ccccc1C(=O)N1CCc2c(c(C(=O)N3CCC[C@@H](C(=O)N4CCCC4)C3)nn2C)C1. The van der Waals surface area contributed by atoms with E-state index in [2.05, 4.69) is 5.10 Å². The fourth-order valence-corrected chi connectivity index (χ4v) is 5.63. The first kappa shape index (κ1) is 22.6. The highest BCUT2D eigenvalue weighted by Gasteiger charge is 2.36. The lowest BCUT2D eigenvalue weighted by Crippen LogP contribution is -2.46. The van der Waals surface area contributed by atoms with Gasteiger partial charge in [0.15, 0.2) is 5.69 Å². The molecule has 3 aliphatic heterocycles. The van der Waals surface area contributed by atoms with Gasteiger partial charge in [0.25, 0.3) is 11.8 Å². The first-order valence-electron chi connectivity index (χ1n) is 12.4. The molecule has 0 aliphatic carbocycles. The van der Waals surface area contributed by atoms with E-state index in [-0.39, 0.29) is 23.6 Å². The number of aryl methyl sites for hydroxylation is 2. The Balaban J connectivity index is 1.34. The van der Waals surface area contributed by atoms with Crippen molar-refractivity contribution in [3.05, 3.63) is 52.3 Å². The second kappa shape index (κ2) is 9.24. The monoisotopic (exact) mass is 463 g/mol. The summed E-state index contributed by atoms with van der Waals surface area (Å²) in [6.07, 6.45) is 4.46. The van der Waals surface area contributed by atoms with Crippen molar-refractivity contribution in [3.8, 4) is 0 Å². The Kier molecular flexibility index (Phi) is 6.15. The molecule has 0 unspecified atom stereocenters. The minimum atomic E-state index is -0.130. The van der Waals surface area contributed by atoms with E-state index < -0.39 is 0 Å². The van der Waals surface area contributed by atoms with Crippen LogP contribution in [0.3, 0.4) is 0 Å². The number of benzene rings is 1. The normalized spacial score (nSPS) is 20.4. The van der Waals surface area contributed by atoms with Gasteiger partial charge in [-0.25, -0.2) is 0 Å². The van der Waals surface area contributed by atoms with Crippen molar-refractivity contribution in [1.29, 1.82) is 0 Å². The van der Waals surface area contributed by atoms with Crippen LogP contribution >= 0.6 is 0 Å². The van der Waals surface area contributed by atoms with E-state index in [9.17, 15) is 14.4 Å². The van der Waals surface area contributed by atoms with Crippen LogP contribution in [0.2, 0.25) is 0 Å². The molecule has 1 aromatic heterocycles. The molecular formula is C26H33N5O3. The van der Waals surface area contributed by atoms with E-state index in [0.717, 1.165) is 55.6 Å². The fraction of sp³-hybridized carbons (Fsp3) is 0.538. The minimum Gasteiger partial charge on any atom is -0.342 e. The van der Waals surface area contributed by atoms with Crippen LogP contribution in [-0.2, 0) is 24.8 Å². The second-order valence-corrected chi connectivity index (χ2v) is 9.81. The van der Waals surface area contributed by atoms with Crippen LogP contribution in [0.5, 0.6) is 0 Å². The van der Waals surface area contributed by atoms with Gasteiger partial charge < -0.3 is 14.7 Å². The number of amides is 3. The summed E-state index contributed by atoms with van der Waals surface area (Å²) < 4.78 is 1.79. The van der Waals surface area contributed by atoms with E-state index in [1.54, 1.807) is 9.58 Å². The molecule has 1 atom stereocenters. The van der Waals surface area contributed by atoms with Gasteiger partial charge in [-0.1, -0.05) is 18.2 Å². The molecule has 0 spiro atoms. The van der Waals surface area contributed by atoms with E-state index >= 15 is 0 Å². The van der Waals surface area contributed by atoms with Crippen LogP contribution in [0.15, 0.2) is 24.3 Å². The van der Waals surface area contributed by atoms with E-state index in [4.69, 9.17) is 0 Å². The van der Waals surface area contributed by atoms with E-state index in [0.29, 0.717) is 43.9 Å². The van der Waals surface area contributed by atoms with E-state index in [1.165, 1.54) is 0 Å². The average molecular weight is 464 g/mol. The number of likely N-dealkylation sites (tertiary alicyclic amines) is 2. The van der Waals surface area contributed by atoms with Gasteiger partial charge in [0.1, 0.15) is 0 Å². The molecule has 4 heterocycles. The highest BCUT2D eigenvalue weighted by atomic mass is 16.2. The largest absolute Gasteiger partial charge is 0.342 e. The lowest BCUT2D eigenvalue weighted by atomic mass is 9.95. The molecule has 0 bridgehead atoms. The Bertz CT molecular complexity index is 1120. The van der Waals surface area contributed by atoms with Gasteiger partial charge >= 0.3 is 0 Å². The summed E-state index contributed by atoms with van der Waals surface area (Å²) in [6, 6.07) is 7.61. The Morgan fingerprint density at radius 1 is 0.912 bits per heavy atom. The molecule has 34 heavy (non-hydrogen) atoms. The molecule has 0 radical (unpaired) electrons. The molecule has 2 fully saturated rings. The van der Waals surface area contributed by atoms with Crippen LogP contribution in [0.1, 0.15) is 63.4 Å². The van der Waals surface area contributed by atoms with Gasteiger partial charge in [0, 0.05) is 63.0 Å². The molecule has 3 aliphatic rings. The maximum atomic E-state index is 13.6. The zero-order valence-corrected chi connectivity index (χ0v) is 20.1. The van der Waals surface area contributed by atoms with Gasteiger partial charge in [-0.2, -0.15) is 5.10 Å². The van der Waals surface area contributed by atoms with Crippen molar-refractivity contribution in [3.63, 3.8) is 0 Å². The molecule has 2 aromatic rings. The zero-order valence-electron chi connectivity index (χ0n) is 20.1. The van der Waals surface area contributed by atoms with Crippen LogP contribution in [0, 0.1) is 12.8 Å². The third-order valence-corrected chi connectivity index (χ3v) is 7.58. The Morgan fingerprint density at radius 2 is 1.65 bits per heavy atom. The third kappa shape index (κ3) is 4.10. The number of fused-ring (bicyclic) bond motifs is 1. The maximum absolute atomic E-state index is 13.6. The number of rotatable bonds is 3. The highest BCUT2D eigenvalue weighted by molar-refractivity contribution is 5.97. The van der Waals surface area contributed by atoms with Crippen molar-refractivity contribution in [1.82, 2.24) is 24.5 Å². The molecule has 2 saturated heterocycles. The summed E-state index contributed by atoms with van der Waals surface area (Å²) in [5.74, 6) is -0.0799. The smallest absolute Gasteiger partial charge is 0.274 e. The number of piperidine rings is 1. The fourth-order valence-electron chi connectivity index (χ4n) is 5.63. The predicted octanol–water partition coefficient (Wildman–Crippen LogP) is 2.40. The van der Waals surface area contributed by atoms with Gasteiger partial charge in [0.2, 0.25) is 5.91 Å². The topological polar surface area (TPSA) is 78.8 Å². The Morgan fingerprint density at radius 3 is 2.41 bits per heavy atom. The van der Waals surface area contributed by atoms with Crippen molar-refractivity contribution in [2.45, 2.75) is 45.6 Å². The Hall–Kier alpha value is -3.16. The van der Waals surface area contributed by atoms with Gasteiger partial charge in [-0.05, 0) is 44.2 Å². The number of hydrogen-bond acceptors (Lipinski definition) is 4. The maximum Gasteiger partial charge on any atom is 0.274 e. The molecule has 180 valence electrons. The summed E-state index contributed by atoms with van der Waals surface area (Å²) in [5.41, 5.74) is 3.92. The number of nitrogens with zero attached hydrogens (tertiary/aromatic N) is 5. The summed E-state index contributed by atoms with van der Waals surface area (Å²) >= 11 is 0. The van der Waals surface area contributed by atoms with Crippen molar-refractivity contribution in [2.75, 3.05) is 32.7 Å². The second-order valence-electron chi connectivity index (χ2n) is 9.81. The van der Waals surface area contributed by atoms with Gasteiger partial charge in [0.05, 0.1) is 12.5 Å². The van der Waals surface area contributed by atoms with Crippen molar-refractivity contribution >= 4 is 17.7 Å². The summed E-state index contributed by atoms with van der Waals surface area (Å²) in [5, 5.41) is 4.59. The lowest BCUT2D eigenvalue weighted by Gasteiger charge is -2.34. The van der Waals surface area contributed by atoms with E-state index in [1.807, 2.05) is 48.0 Å². The van der Waals surface area contributed by atoms with Crippen LogP contribution in [0.4, 0.5) is 0 Å². The molecule has 5 rings (SSSR count). The first-order valence-corrected chi connectivity index (χ1v) is 12.4. The van der Waals surface area contributed by atoms with Crippen LogP contribution < -0.4 is 0 Å². The first-order chi connectivity index (χ1) is 16.4. The third-order valence-electron chi connectivity index (χ3n) is 7.58. The van der Waals surface area contributed by atoms with Crippen molar-refractivity contribution in [2.24, 2.45) is 13.0 Å². The molecule has 8 heteroatoms. The number of carbonyl (C=O) groups is 3.